The molecule has 1 amide bonds. The first-order valence-corrected chi connectivity index (χ1v) is 6.40. The Labute approximate surface area is 116 Å². The van der Waals surface area contributed by atoms with Crippen LogP contribution in [0.15, 0.2) is 24.3 Å². The quantitative estimate of drug-likeness (QED) is 0.764. The zero-order valence-corrected chi connectivity index (χ0v) is 11.3. The number of carbonyl (C=O) groups excluding carboxylic acids is 1. The highest BCUT2D eigenvalue weighted by Gasteiger charge is 2.15. The summed E-state index contributed by atoms with van der Waals surface area (Å²) in [4.78, 5) is 22.3. The summed E-state index contributed by atoms with van der Waals surface area (Å²) in [6.07, 6.45) is 1.25. The van der Waals surface area contributed by atoms with Gasteiger partial charge in [-0.15, -0.1) is 0 Å². The molecule has 0 saturated heterocycles. The number of halogens is 1. The fraction of sp³-hybridized carbons (Fsp3) is 0.429. The summed E-state index contributed by atoms with van der Waals surface area (Å²) in [6.45, 7) is 1.68. The average molecular weight is 283 g/mol. The molecule has 0 aromatic heterocycles. The van der Waals surface area contributed by atoms with Crippen molar-refractivity contribution in [3.05, 3.63) is 30.1 Å². The Kier molecular flexibility index (Phi) is 6.49. The molecule has 6 heteroatoms. The molecule has 20 heavy (non-hydrogen) atoms. The van der Waals surface area contributed by atoms with Crippen LogP contribution in [-0.4, -0.2) is 29.6 Å². The molecule has 0 radical (unpaired) electrons. The van der Waals surface area contributed by atoms with Crippen molar-refractivity contribution in [3.8, 4) is 5.75 Å². The molecule has 0 saturated carbocycles. The summed E-state index contributed by atoms with van der Waals surface area (Å²) in [5, 5.41) is 11.4. The minimum Gasteiger partial charge on any atom is -0.484 e. The van der Waals surface area contributed by atoms with Gasteiger partial charge in [0.15, 0.2) is 6.61 Å². The van der Waals surface area contributed by atoms with E-state index >= 15 is 0 Å². The van der Waals surface area contributed by atoms with Gasteiger partial charge >= 0.3 is 5.97 Å². The van der Waals surface area contributed by atoms with Gasteiger partial charge in [0.2, 0.25) is 0 Å². The molecule has 0 spiro atoms. The van der Waals surface area contributed by atoms with Crippen LogP contribution in [0.3, 0.4) is 0 Å². The van der Waals surface area contributed by atoms with Gasteiger partial charge in [0, 0.05) is 6.04 Å². The lowest BCUT2D eigenvalue weighted by Crippen LogP contribution is -2.39. The van der Waals surface area contributed by atoms with E-state index in [1.54, 1.807) is 0 Å². The Morgan fingerprint density at radius 3 is 2.55 bits per heavy atom. The first-order chi connectivity index (χ1) is 9.51. The van der Waals surface area contributed by atoms with Crippen molar-refractivity contribution in [3.63, 3.8) is 0 Å². The van der Waals surface area contributed by atoms with Crippen molar-refractivity contribution in [2.24, 2.45) is 0 Å². The van der Waals surface area contributed by atoms with E-state index in [2.05, 4.69) is 5.32 Å². The monoisotopic (exact) mass is 283 g/mol. The van der Waals surface area contributed by atoms with Crippen molar-refractivity contribution in [2.75, 3.05) is 6.61 Å². The zero-order chi connectivity index (χ0) is 15.0. The van der Waals surface area contributed by atoms with E-state index < -0.39 is 17.9 Å². The SMILES string of the molecule is CCCC(CC(=O)O)NC(=O)COc1ccc(F)cc1. The zero-order valence-electron chi connectivity index (χ0n) is 11.3. The maximum atomic E-state index is 12.7. The van der Waals surface area contributed by atoms with Crippen LogP contribution in [0.5, 0.6) is 5.75 Å². The van der Waals surface area contributed by atoms with Gasteiger partial charge in [-0.05, 0) is 30.7 Å². The fourth-order valence-corrected chi connectivity index (χ4v) is 1.73. The summed E-state index contributed by atoms with van der Waals surface area (Å²) < 4.78 is 17.9. The van der Waals surface area contributed by atoms with E-state index in [0.29, 0.717) is 12.2 Å². The summed E-state index contributed by atoms with van der Waals surface area (Å²) in [6, 6.07) is 4.91. The number of hydrogen-bond donors (Lipinski definition) is 2. The van der Waals surface area contributed by atoms with Gasteiger partial charge in [-0.3, -0.25) is 9.59 Å². The summed E-state index contributed by atoms with van der Waals surface area (Å²) in [7, 11) is 0. The predicted molar refractivity (Wildman–Crippen MR) is 71.0 cm³/mol. The van der Waals surface area contributed by atoms with Crippen LogP contribution in [0.1, 0.15) is 26.2 Å². The van der Waals surface area contributed by atoms with Gasteiger partial charge in [0.1, 0.15) is 11.6 Å². The Hall–Kier alpha value is -2.11. The average Bonchev–Trinajstić information content (AvgIpc) is 2.37. The summed E-state index contributed by atoms with van der Waals surface area (Å²) in [5.41, 5.74) is 0. The van der Waals surface area contributed by atoms with E-state index in [-0.39, 0.29) is 18.8 Å². The molecular weight excluding hydrogens is 265 g/mol. The maximum absolute atomic E-state index is 12.7. The van der Waals surface area contributed by atoms with Gasteiger partial charge in [-0.2, -0.15) is 0 Å². The van der Waals surface area contributed by atoms with E-state index in [1.807, 2.05) is 6.92 Å². The molecule has 1 atom stereocenters. The number of carboxylic acids is 1. The second-order valence-corrected chi connectivity index (χ2v) is 4.39. The van der Waals surface area contributed by atoms with E-state index in [0.717, 1.165) is 6.42 Å². The van der Waals surface area contributed by atoms with Crippen LogP contribution < -0.4 is 10.1 Å². The van der Waals surface area contributed by atoms with Crippen LogP contribution in [0, 0.1) is 5.82 Å². The highest BCUT2D eigenvalue weighted by molar-refractivity contribution is 5.78. The van der Waals surface area contributed by atoms with Gasteiger partial charge < -0.3 is 15.2 Å². The number of nitrogens with one attached hydrogen (secondary N) is 1. The van der Waals surface area contributed by atoms with Crippen molar-refractivity contribution in [2.45, 2.75) is 32.2 Å². The Morgan fingerprint density at radius 2 is 2.00 bits per heavy atom. The molecule has 0 heterocycles. The normalized spacial score (nSPS) is 11.7. The molecule has 0 aliphatic rings. The first kappa shape index (κ1) is 15.9. The number of rotatable bonds is 8. The third-order valence-corrected chi connectivity index (χ3v) is 2.61. The highest BCUT2D eigenvalue weighted by Crippen LogP contribution is 2.10. The molecular formula is C14H18FNO4. The van der Waals surface area contributed by atoms with Crippen LogP contribution in [0.2, 0.25) is 0 Å². The molecule has 0 aliphatic carbocycles. The number of benzene rings is 1. The Balaban J connectivity index is 2.41. The molecule has 2 N–H and O–H groups in total. The molecule has 1 aromatic carbocycles. The van der Waals surface area contributed by atoms with E-state index in [9.17, 15) is 14.0 Å². The molecule has 1 rings (SSSR count). The smallest absolute Gasteiger partial charge is 0.305 e. The second-order valence-electron chi connectivity index (χ2n) is 4.39. The molecule has 1 aromatic rings. The van der Waals surface area contributed by atoms with Crippen molar-refractivity contribution in [1.29, 1.82) is 0 Å². The second kappa shape index (κ2) is 8.14. The largest absolute Gasteiger partial charge is 0.484 e. The minimum absolute atomic E-state index is 0.115. The van der Waals surface area contributed by atoms with Crippen molar-refractivity contribution >= 4 is 11.9 Å². The van der Waals surface area contributed by atoms with Crippen molar-refractivity contribution in [1.82, 2.24) is 5.32 Å². The molecule has 1 unspecified atom stereocenters. The summed E-state index contributed by atoms with van der Waals surface area (Å²) >= 11 is 0. The van der Waals surface area contributed by atoms with Crippen molar-refractivity contribution < 1.29 is 23.8 Å². The molecule has 0 bridgehead atoms. The van der Waals surface area contributed by atoms with E-state index in [1.165, 1.54) is 24.3 Å². The number of aliphatic carboxylic acids is 1. The van der Waals surface area contributed by atoms with Crippen LogP contribution in [-0.2, 0) is 9.59 Å². The topological polar surface area (TPSA) is 75.6 Å². The number of amides is 1. The lowest BCUT2D eigenvalue weighted by Gasteiger charge is -2.16. The number of hydrogen-bond acceptors (Lipinski definition) is 3. The first-order valence-electron chi connectivity index (χ1n) is 6.40. The predicted octanol–water partition coefficient (Wildman–Crippen LogP) is 1.96. The van der Waals surface area contributed by atoms with Gasteiger partial charge in [-0.25, -0.2) is 4.39 Å². The molecule has 110 valence electrons. The lowest BCUT2D eigenvalue weighted by molar-refractivity contribution is -0.137. The van der Waals surface area contributed by atoms with E-state index in [4.69, 9.17) is 9.84 Å². The number of ether oxygens (including phenoxy) is 1. The van der Waals surface area contributed by atoms with Crippen LogP contribution in [0.4, 0.5) is 4.39 Å². The maximum Gasteiger partial charge on any atom is 0.305 e. The van der Waals surface area contributed by atoms with Gasteiger partial charge in [0.05, 0.1) is 6.42 Å². The molecule has 0 aliphatic heterocycles. The third-order valence-electron chi connectivity index (χ3n) is 2.61. The lowest BCUT2D eigenvalue weighted by atomic mass is 10.1. The molecule has 0 fully saturated rings. The Bertz CT molecular complexity index is 447. The van der Waals surface area contributed by atoms with Crippen LogP contribution >= 0.6 is 0 Å². The highest BCUT2D eigenvalue weighted by atomic mass is 19.1. The standard InChI is InChI=1S/C14H18FNO4/c1-2-3-11(8-14(18)19)16-13(17)9-20-12-6-4-10(15)5-7-12/h4-7,11H,2-3,8-9H2,1H3,(H,16,17)(H,18,19). The minimum atomic E-state index is -0.955. The Morgan fingerprint density at radius 1 is 1.35 bits per heavy atom. The fourth-order valence-electron chi connectivity index (χ4n) is 1.73. The number of carboxylic acid groups (broad SMARTS) is 1. The van der Waals surface area contributed by atoms with Crippen LogP contribution in [0.25, 0.3) is 0 Å². The summed E-state index contributed by atoms with van der Waals surface area (Å²) in [5.74, 6) is -1.35. The third kappa shape index (κ3) is 6.17. The molecule has 5 nitrogen and oxygen atoms in total. The van der Waals surface area contributed by atoms with Gasteiger partial charge in [-0.1, -0.05) is 13.3 Å². The van der Waals surface area contributed by atoms with Gasteiger partial charge in [0.25, 0.3) is 5.91 Å². The number of carbonyl (C=O) groups is 2.